The first-order valence-corrected chi connectivity index (χ1v) is 14.9. The number of rotatable bonds is 18. The minimum absolute atomic E-state index is 0.0201. The van der Waals surface area contributed by atoms with Crippen molar-refractivity contribution in [3.63, 3.8) is 0 Å². The fourth-order valence-electron chi connectivity index (χ4n) is 4.09. The summed E-state index contributed by atoms with van der Waals surface area (Å²) < 4.78 is 0. The number of carboxylic acid groups (broad SMARTS) is 1. The van der Waals surface area contributed by atoms with E-state index in [4.69, 9.17) is 11.5 Å². The molecule has 0 radical (unpaired) electrons. The van der Waals surface area contributed by atoms with Crippen molar-refractivity contribution >= 4 is 35.5 Å². The molecule has 0 aliphatic rings. The summed E-state index contributed by atoms with van der Waals surface area (Å²) in [6.45, 7) is 0.416. The first kappa shape index (κ1) is 33.6. The van der Waals surface area contributed by atoms with Crippen LogP contribution < -0.4 is 27.4 Å². The first-order chi connectivity index (χ1) is 19.6. The molecule has 0 aromatic heterocycles. The maximum Gasteiger partial charge on any atom is 0.326 e. The summed E-state index contributed by atoms with van der Waals surface area (Å²) in [4.78, 5) is 51.6. The van der Waals surface area contributed by atoms with Gasteiger partial charge in [-0.3, -0.25) is 14.4 Å². The minimum Gasteiger partial charge on any atom is -0.508 e. The van der Waals surface area contributed by atoms with E-state index >= 15 is 0 Å². The number of aromatic hydroxyl groups is 1. The molecule has 0 saturated carbocycles. The van der Waals surface area contributed by atoms with Gasteiger partial charge < -0.3 is 37.6 Å². The molecule has 224 valence electrons. The molecule has 0 fully saturated rings. The number of hydrogen-bond donors (Lipinski definition) is 7. The lowest BCUT2D eigenvalue weighted by atomic mass is 10.0. The highest BCUT2D eigenvalue weighted by atomic mass is 32.2. The summed E-state index contributed by atoms with van der Waals surface area (Å²) in [6.07, 6.45) is 3.89. The molecular formula is C29H41N5O6S. The molecule has 11 nitrogen and oxygen atoms in total. The van der Waals surface area contributed by atoms with Crippen LogP contribution in [0.4, 0.5) is 0 Å². The van der Waals surface area contributed by atoms with E-state index < -0.39 is 47.9 Å². The van der Waals surface area contributed by atoms with E-state index in [-0.39, 0.29) is 25.0 Å². The zero-order valence-corrected chi connectivity index (χ0v) is 24.1. The Balaban J connectivity index is 2.25. The van der Waals surface area contributed by atoms with Gasteiger partial charge in [0, 0.05) is 12.8 Å². The third-order valence-corrected chi connectivity index (χ3v) is 7.10. The Morgan fingerprint density at radius 3 is 1.95 bits per heavy atom. The summed E-state index contributed by atoms with van der Waals surface area (Å²) in [5.41, 5.74) is 13.0. The smallest absolute Gasteiger partial charge is 0.326 e. The van der Waals surface area contributed by atoms with Crippen LogP contribution in [-0.4, -0.2) is 76.6 Å². The fourth-order valence-corrected chi connectivity index (χ4v) is 4.58. The molecule has 4 unspecified atom stereocenters. The molecule has 12 heteroatoms. The summed E-state index contributed by atoms with van der Waals surface area (Å²) >= 11 is 1.55. The number of benzene rings is 2. The van der Waals surface area contributed by atoms with Gasteiger partial charge in [0.2, 0.25) is 17.7 Å². The van der Waals surface area contributed by atoms with Gasteiger partial charge in [-0.05, 0) is 67.5 Å². The van der Waals surface area contributed by atoms with Crippen molar-refractivity contribution in [3.05, 3.63) is 65.7 Å². The van der Waals surface area contributed by atoms with Crippen LogP contribution in [0.25, 0.3) is 0 Å². The summed E-state index contributed by atoms with van der Waals surface area (Å²) in [5.74, 6) is -2.27. The molecule has 0 aliphatic heterocycles. The van der Waals surface area contributed by atoms with E-state index in [0.29, 0.717) is 37.1 Å². The van der Waals surface area contributed by atoms with Crippen LogP contribution in [0, 0.1) is 0 Å². The second-order valence-corrected chi connectivity index (χ2v) is 10.7. The van der Waals surface area contributed by atoms with Gasteiger partial charge in [0.1, 0.15) is 23.9 Å². The molecule has 0 spiro atoms. The van der Waals surface area contributed by atoms with Crippen LogP contribution in [0.15, 0.2) is 54.6 Å². The number of aliphatic carboxylic acids is 1. The molecule has 0 aliphatic carbocycles. The number of unbranched alkanes of at least 4 members (excludes halogenated alkanes) is 1. The highest BCUT2D eigenvalue weighted by Gasteiger charge is 2.30. The number of carbonyl (C=O) groups is 4. The number of nitrogens with two attached hydrogens (primary N) is 2. The Labute approximate surface area is 244 Å². The Hall–Kier alpha value is -3.61. The molecular weight excluding hydrogens is 546 g/mol. The largest absolute Gasteiger partial charge is 0.508 e. The van der Waals surface area contributed by atoms with Crippen molar-refractivity contribution < 1.29 is 29.4 Å². The average Bonchev–Trinajstić information content (AvgIpc) is 2.96. The van der Waals surface area contributed by atoms with E-state index in [1.807, 2.05) is 6.26 Å². The standard InChI is InChI=1S/C29H41N5O6S/c1-41-16-14-22(31)26(36)32-23(9-5-6-15-30)27(37)33-24(17-20-10-12-21(35)13-11-20)28(38)34-25(29(39)40)18-19-7-3-2-4-8-19/h2-4,7-8,10-13,22-25,35H,5-6,9,14-18,30-31H2,1H3,(H,32,36)(H,33,37)(H,34,38)(H,39,40). The first-order valence-electron chi connectivity index (χ1n) is 13.5. The maximum absolute atomic E-state index is 13.4. The van der Waals surface area contributed by atoms with Crippen LogP contribution in [0.5, 0.6) is 5.75 Å². The van der Waals surface area contributed by atoms with E-state index in [1.165, 1.54) is 12.1 Å². The van der Waals surface area contributed by atoms with Gasteiger partial charge in [-0.25, -0.2) is 4.79 Å². The Kier molecular flexibility index (Phi) is 14.7. The monoisotopic (exact) mass is 587 g/mol. The number of phenols is 1. The minimum atomic E-state index is -1.24. The Morgan fingerprint density at radius 1 is 0.780 bits per heavy atom. The van der Waals surface area contributed by atoms with Gasteiger partial charge in [-0.2, -0.15) is 11.8 Å². The van der Waals surface area contributed by atoms with Crippen LogP contribution in [0.3, 0.4) is 0 Å². The predicted octanol–water partition coefficient (Wildman–Crippen LogP) is 0.926. The Morgan fingerprint density at radius 2 is 1.34 bits per heavy atom. The zero-order chi connectivity index (χ0) is 30.2. The van der Waals surface area contributed by atoms with Crippen molar-refractivity contribution in [3.8, 4) is 5.75 Å². The van der Waals surface area contributed by atoms with Crippen molar-refractivity contribution in [1.82, 2.24) is 16.0 Å². The molecule has 0 saturated heterocycles. The van der Waals surface area contributed by atoms with Crippen LogP contribution in [0.1, 0.15) is 36.8 Å². The fraction of sp³-hybridized carbons (Fsp3) is 0.448. The lowest BCUT2D eigenvalue weighted by Crippen LogP contribution is -2.57. The van der Waals surface area contributed by atoms with Crippen LogP contribution in [-0.2, 0) is 32.0 Å². The predicted molar refractivity (Wildman–Crippen MR) is 159 cm³/mol. The third kappa shape index (κ3) is 12.2. The summed E-state index contributed by atoms with van der Waals surface area (Å²) in [7, 11) is 0. The molecule has 2 aromatic carbocycles. The number of phenolic OH excluding ortho intramolecular Hbond substituents is 1. The number of carboxylic acids is 1. The quantitative estimate of drug-likeness (QED) is 0.124. The van der Waals surface area contributed by atoms with Crippen molar-refractivity contribution in [1.29, 1.82) is 0 Å². The van der Waals surface area contributed by atoms with Gasteiger partial charge >= 0.3 is 5.97 Å². The lowest BCUT2D eigenvalue weighted by Gasteiger charge is -2.25. The summed E-state index contributed by atoms with van der Waals surface area (Å²) in [6, 6.07) is 10.8. The Bertz CT molecular complexity index is 1120. The second-order valence-electron chi connectivity index (χ2n) is 9.75. The highest BCUT2D eigenvalue weighted by molar-refractivity contribution is 7.98. The second kappa shape index (κ2) is 17.9. The van der Waals surface area contributed by atoms with Gasteiger partial charge in [-0.15, -0.1) is 0 Å². The van der Waals surface area contributed by atoms with Gasteiger partial charge in [0.25, 0.3) is 0 Å². The van der Waals surface area contributed by atoms with Crippen molar-refractivity contribution in [2.75, 3.05) is 18.6 Å². The number of carbonyl (C=O) groups excluding carboxylic acids is 3. The average molecular weight is 588 g/mol. The van der Waals surface area contributed by atoms with E-state index in [1.54, 1.807) is 54.2 Å². The maximum atomic E-state index is 13.4. The van der Waals surface area contributed by atoms with E-state index in [9.17, 15) is 29.4 Å². The van der Waals surface area contributed by atoms with Gasteiger partial charge in [0.15, 0.2) is 0 Å². The molecule has 2 rings (SSSR count). The molecule has 41 heavy (non-hydrogen) atoms. The molecule has 4 atom stereocenters. The van der Waals surface area contributed by atoms with Gasteiger partial charge in [-0.1, -0.05) is 42.5 Å². The molecule has 0 bridgehead atoms. The number of amides is 3. The molecule has 3 amide bonds. The van der Waals surface area contributed by atoms with Crippen molar-refractivity contribution in [2.24, 2.45) is 11.5 Å². The normalized spacial score (nSPS) is 13.8. The van der Waals surface area contributed by atoms with E-state index in [2.05, 4.69) is 16.0 Å². The highest BCUT2D eigenvalue weighted by Crippen LogP contribution is 2.13. The molecule has 9 N–H and O–H groups in total. The zero-order valence-electron chi connectivity index (χ0n) is 23.3. The molecule has 0 heterocycles. The van der Waals surface area contributed by atoms with E-state index in [0.717, 1.165) is 5.56 Å². The lowest BCUT2D eigenvalue weighted by molar-refractivity contribution is -0.142. The third-order valence-electron chi connectivity index (χ3n) is 6.46. The van der Waals surface area contributed by atoms with Gasteiger partial charge in [0.05, 0.1) is 6.04 Å². The number of hydrogen-bond acceptors (Lipinski definition) is 8. The van der Waals surface area contributed by atoms with Crippen LogP contribution in [0.2, 0.25) is 0 Å². The SMILES string of the molecule is CSCCC(N)C(=O)NC(CCCCN)C(=O)NC(Cc1ccc(O)cc1)C(=O)NC(Cc1ccccc1)C(=O)O. The number of thioether (sulfide) groups is 1. The summed E-state index contributed by atoms with van der Waals surface area (Å²) in [5, 5.41) is 27.4. The topological polar surface area (TPSA) is 197 Å². The number of nitrogens with one attached hydrogen (secondary N) is 3. The molecule has 2 aromatic rings. The van der Waals surface area contributed by atoms with Crippen molar-refractivity contribution in [2.45, 2.75) is 62.7 Å². The van der Waals surface area contributed by atoms with Crippen LogP contribution >= 0.6 is 11.8 Å².